The highest BCUT2D eigenvalue weighted by Gasteiger charge is 2.31. The lowest BCUT2D eigenvalue weighted by Gasteiger charge is -2.09. The van der Waals surface area contributed by atoms with Gasteiger partial charge in [-0.05, 0) is 18.2 Å². The monoisotopic (exact) mass is 243 g/mol. The standard InChI is InChI=1S/C9H8F3N5/c10-9(11,12)4-1-2-6(13)5(3-4)7-15-8(14)17-16-7/h1-3H,13H2,(H3,14,15,16,17). The summed E-state index contributed by atoms with van der Waals surface area (Å²) in [6, 6.07) is 2.96. The van der Waals surface area contributed by atoms with Gasteiger partial charge in [-0.1, -0.05) is 0 Å². The lowest BCUT2D eigenvalue weighted by molar-refractivity contribution is -0.137. The molecule has 5 nitrogen and oxygen atoms in total. The molecular weight excluding hydrogens is 235 g/mol. The number of alkyl halides is 3. The fourth-order valence-electron chi connectivity index (χ4n) is 1.33. The van der Waals surface area contributed by atoms with Gasteiger partial charge in [0, 0.05) is 11.3 Å². The highest BCUT2D eigenvalue weighted by atomic mass is 19.4. The predicted molar refractivity (Wildman–Crippen MR) is 55.6 cm³/mol. The Hall–Kier alpha value is -2.25. The molecule has 5 N–H and O–H groups in total. The van der Waals surface area contributed by atoms with Crippen molar-refractivity contribution < 1.29 is 13.2 Å². The third-order valence-electron chi connectivity index (χ3n) is 2.14. The molecule has 8 heteroatoms. The number of nitrogens with one attached hydrogen (secondary N) is 1. The Morgan fingerprint density at radius 3 is 2.41 bits per heavy atom. The molecule has 0 aliphatic heterocycles. The van der Waals surface area contributed by atoms with Gasteiger partial charge in [0.25, 0.3) is 0 Å². The minimum absolute atomic E-state index is 0.0585. The summed E-state index contributed by atoms with van der Waals surface area (Å²) in [4.78, 5) is 3.73. The summed E-state index contributed by atoms with van der Waals surface area (Å²) in [6.45, 7) is 0. The van der Waals surface area contributed by atoms with Crippen LogP contribution < -0.4 is 11.5 Å². The van der Waals surface area contributed by atoms with Crippen LogP contribution in [0.25, 0.3) is 11.4 Å². The number of halogens is 3. The van der Waals surface area contributed by atoms with Crippen LogP contribution in [-0.2, 0) is 6.18 Å². The molecule has 0 fully saturated rings. The van der Waals surface area contributed by atoms with E-state index in [-0.39, 0.29) is 23.0 Å². The van der Waals surface area contributed by atoms with Crippen LogP contribution in [0, 0.1) is 0 Å². The Balaban J connectivity index is 2.54. The van der Waals surface area contributed by atoms with E-state index in [0.717, 1.165) is 18.2 Å². The molecule has 1 aromatic carbocycles. The highest BCUT2D eigenvalue weighted by Crippen LogP contribution is 2.33. The number of H-pyrrole nitrogens is 1. The fraction of sp³-hybridized carbons (Fsp3) is 0.111. The van der Waals surface area contributed by atoms with Gasteiger partial charge < -0.3 is 11.5 Å². The van der Waals surface area contributed by atoms with Gasteiger partial charge in [0.05, 0.1) is 5.56 Å². The zero-order valence-corrected chi connectivity index (χ0v) is 8.42. The number of aromatic amines is 1. The first-order chi connectivity index (χ1) is 7.88. The second-order valence-electron chi connectivity index (χ2n) is 3.34. The molecule has 0 saturated heterocycles. The van der Waals surface area contributed by atoms with Crippen LogP contribution in [0.2, 0.25) is 0 Å². The summed E-state index contributed by atoms with van der Waals surface area (Å²) in [5.41, 5.74) is 10.3. The van der Waals surface area contributed by atoms with Gasteiger partial charge in [0.1, 0.15) is 0 Å². The molecule has 1 aromatic heterocycles. The van der Waals surface area contributed by atoms with Crippen LogP contribution in [0.15, 0.2) is 18.2 Å². The van der Waals surface area contributed by atoms with E-state index < -0.39 is 11.7 Å². The van der Waals surface area contributed by atoms with E-state index in [1.807, 2.05) is 0 Å². The van der Waals surface area contributed by atoms with Crippen molar-refractivity contribution >= 4 is 11.6 Å². The number of rotatable bonds is 1. The number of benzene rings is 1. The molecule has 1 heterocycles. The van der Waals surface area contributed by atoms with Crippen molar-refractivity contribution in [2.24, 2.45) is 0 Å². The Morgan fingerprint density at radius 1 is 1.18 bits per heavy atom. The van der Waals surface area contributed by atoms with Gasteiger partial charge in [-0.2, -0.15) is 18.2 Å². The average Bonchev–Trinajstić information content (AvgIpc) is 2.63. The molecule has 0 bridgehead atoms. The van der Waals surface area contributed by atoms with E-state index in [9.17, 15) is 13.2 Å². The first-order valence-corrected chi connectivity index (χ1v) is 4.53. The maximum absolute atomic E-state index is 12.5. The first-order valence-electron chi connectivity index (χ1n) is 4.53. The molecular formula is C9H8F3N5. The van der Waals surface area contributed by atoms with Crippen molar-refractivity contribution in [1.82, 2.24) is 15.2 Å². The number of nitrogen functional groups attached to an aromatic ring is 2. The number of aromatic nitrogens is 3. The molecule has 0 spiro atoms. The lowest BCUT2D eigenvalue weighted by Crippen LogP contribution is -2.06. The third kappa shape index (κ3) is 2.14. The van der Waals surface area contributed by atoms with Crippen molar-refractivity contribution in [3.8, 4) is 11.4 Å². The van der Waals surface area contributed by atoms with Crippen LogP contribution >= 0.6 is 0 Å². The van der Waals surface area contributed by atoms with Gasteiger partial charge >= 0.3 is 6.18 Å². The molecule has 0 saturated carbocycles. The summed E-state index contributed by atoms with van der Waals surface area (Å²) in [5.74, 6) is 0.0444. The number of nitrogens with zero attached hydrogens (tertiary/aromatic N) is 2. The van der Waals surface area contributed by atoms with Crippen LogP contribution in [0.5, 0.6) is 0 Å². The topological polar surface area (TPSA) is 93.6 Å². The minimum Gasteiger partial charge on any atom is -0.398 e. The van der Waals surface area contributed by atoms with Crippen molar-refractivity contribution in [2.45, 2.75) is 6.18 Å². The molecule has 0 aliphatic rings. The molecule has 2 aromatic rings. The summed E-state index contributed by atoms with van der Waals surface area (Å²) < 4.78 is 37.5. The second-order valence-corrected chi connectivity index (χ2v) is 3.34. The van der Waals surface area contributed by atoms with E-state index in [1.165, 1.54) is 0 Å². The van der Waals surface area contributed by atoms with Crippen LogP contribution in [-0.4, -0.2) is 15.2 Å². The molecule has 0 amide bonds. The summed E-state index contributed by atoms with van der Waals surface area (Å²) in [6.07, 6.45) is -4.44. The average molecular weight is 243 g/mol. The van der Waals surface area contributed by atoms with Crippen molar-refractivity contribution in [3.05, 3.63) is 23.8 Å². The Kier molecular flexibility index (Phi) is 2.41. The quantitative estimate of drug-likeness (QED) is 0.664. The minimum atomic E-state index is -4.44. The van der Waals surface area contributed by atoms with Crippen molar-refractivity contribution in [1.29, 1.82) is 0 Å². The van der Waals surface area contributed by atoms with E-state index in [4.69, 9.17) is 11.5 Å². The highest BCUT2D eigenvalue weighted by molar-refractivity contribution is 5.72. The van der Waals surface area contributed by atoms with Gasteiger partial charge in [-0.15, -0.1) is 5.10 Å². The zero-order valence-electron chi connectivity index (χ0n) is 8.42. The predicted octanol–water partition coefficient (Wildman–Crippen LogP) is 1.65. The van der Waals surface area contributed by atoms with Crippen LogP contribution in [0.4, 0.5) is 24.8 Å². The SMILES string of the molecule is Nc1n[nH]c(-c2cc(C(F)(F)F)ccc2N)n1. The number of nitrogens with two attached hydrogens (primary N) is 2. The Bertz CT molecular complexity index is 546. The van der Waals surface area contributed by atoms with Crippen LogP contribution in [0.1, 0.15) is 5.56 Å². The normalized spacial score (nSPS) is 11.7. The smallest absolute Gasteiger partial charge is 0.398 e. The summed E-state index contributed by atoms with van der Waals surface area (Å²) in [7, 11) is 0. The molecule has 0 atom stereocenters. The zero-order chi connectivity index (χ0) is 12.6. The van der Waals surface area contributed by atoms with Gasteiger partial charge in [0.15, 0.2) is 5.82 Å². The van der Waals surface area contributed by atoms with Crippen molar-refractivity contribution in [2.75, 3.05) is 11.5 Å². The van der Waals surface area contributed by atoms with E-state index >= 15 is 0 Å². The summed E-state index contributed by atoms with van der Waals surface area (Å²) in [5, 5.41) is 5.94. The number of hydrogen-bond donors (Lipinski definition) is 3. The van der Waals surface area contributed by atoms with E-state index in [1.54, 1.807) is 0 Å². The molecule has 0 aliphatic carbocycles. The number of anilines is 2. The maximum atomic E-state index is 12.5. The van der Waals surface area contributed by atoms with E-state index in [2.05, 4.69) is 15.2 Å². The maximum Gasteiger partial charge on any atom is 0.416 e. The van der Waals surface area contributed by atoms with Crippen molar-refractivity contribution in [3.63, 3.8) is 0 Å². The van der Waals surface area contributed by atoms with Gasteiger partial charge in [0.2, 0.25) is 5.95 Å². The fourth-order valence-corrected chi connectivity index (χ4v) is 1.33. The van der Waals surface area contributed by atoms with Gasteiger partial charge in [-0.3, -0.25) is 5.10 Å². The first kappa shape index (κ1) is 11.2. The molecule has 90 valence electrons. The van der Waals surface area contributed by atoms with E-state index in [0.29, 0.717) is 0 Å². The molecule has 0 unspecified atom stereocenters. The molecule has 0 radical (unpaired) electrons. The Morgan fingerprint density at radius 2 is 1.88 bits per heavy atom. The van der Waals surface area contributed by atoms with Crippen LogP contribution in [0.3, 0.4) is 0 Å². The summed E-state index contributed by atoms with van der Waals surface area (Å²) >= 11 is 0. The molecule has 17 heavy (non-hydrogen) atoms. The second kappa shape index (κ2) is 3.65. The largest absolute Gasteiger partial charge is 0.416 e. The molecule has 2 rings (SSSR count). The third-order valence-corrected chi connectivity index (χ3v) is 2.14. The number of hydrogen-bond acceptors (Lipinski definition) is 4. The van der Waals surface area contributed by atoms with Gasteiger partial charge in [-0.25, -0.2) is 0 Å². The lowest BCUT2D eigenvalue weighted by atomic mass is 10.1. The Labute approximate surface area is 93.6 Å².